The Balaban J connectivity index is 0.000000283. The topological polar surface area (TPSA) is 82.1 Å². The van der Waals surface area contributed by atoms with Crippen molar-refractivity contribution in [3.63, 3.8) is 0 Å². The summed E-state index contributed by atoms with van der Waals surface area (Å²) in [4.78, 5) is 0.112. The van der Waals surface area contributed by atoms with Gasteiger partial charge in [0.15, 0.2) is 0 Å². The minimum absolute atomic E-state index is 0.112. The zero-order valence-corrected chi connectivity index (χ0v) is 22.1. The maximum atomic E-state index is 12.2. The molecule has 0 amide bonds. The molecule has 190 valence electrons. The van der Waals surface area contributed by atoms with Gasteiger partial charge in [-0.2, -0.15) is 8.42 Å². The summed E-state index contributed by atoms with van der Waals surface area (Å²) in [5.74, 6) is 2.83. The Hall–Kier alpha value is -2.61. The van der Waals surface area contributed by atoms with Gasteiger partial charge in [-0.1, -0.05) is 18.2 Å². The molecule has 0 radical (unpaired) electrons. The first-order chi connectivity index (χ1) is 16.7. The lowest BCUT2D eigenvalue weighted by Crippen LogP contribution is -2.09. The number of aryl methyl sites for hydroxylation is 2. The molecule has 0 aliphatic heterocycles. The molecule has 0 fully saturated rings. The summed E-state index contributed by atoms with van der Waals surface area (Å²) in [5.41, 5.74) is 1.84. The van der Waals surface area contributed by atoms with E-state index in [4.69, 9.17) is 36.9 Å². The van der Waals surface area contributed by atoms with Crippen LogP contribution in [0.25, 0.3) is 0 Å². The predicted molar refractivity (Wildman–Crippen MR) is 140 cm³/mol. The molecule has 6 nitrogen and oxygen atoms in total. The van der Waals surface area contributed by atoms with Crippen molar-refractivity contribution in [1.29, 1.82) is 0 Å². The maximum absolute atomic E-state index is 12.2. The summed E-state index contributed by atoms with van der Waals surface area (Å²) < 4.78 is 40.5. The first-order valence-electron chi connectivity index (χ1n) is 11.0. The Morgan fingerprint density at radius 1 is 0.743 bits per heavy atom. The Morgan fingerprint density at radius 2 is 1.26 bits per heavy atom. The van der Waals surface area contributed by atoms with Gasteiger partial charge in [0, 0.05) is 23.9 Å². The molecule has 1 N–H and O–H groups in total. The van der Waals surface area contributed by atoms with E-state index in [9.17, 15) is 13.5 Å². The molecule has 0 bridgehead atoms. The van der Waals surface area contributed by atoms with Gasteiger partial charge in [-0.3, -0.25) is 0 Å². The molecule has 3 aromatic rings. The van der Waals surface area contributed by atoms with Crippen molar-refractivity contribution < 1.29 is 27.2 Å². The third-order valence-corrected chi connectivity index (χ3v) is 6.19. The van der Waals surface area contributed by atoms with E-state index >= 15 is 0 Å². The Kier molecular flexibility index (Phi) is 12.0. The predicted octanol–water partition coefficient (Wildman–Crippen LogP) is 6.48. The van der Waals surface area contributed by atoms with E-state index in [-0.39, 0.29) is 16.4 Å². The summed E-state index contributed by atoms with van der Waals surface area (Å²) in [5, 5.41) is 9.24. The zero-order valence-electron chi connectivity index (χ0n) is 19.7. The van der Waals surface area contributed by atoms with Gasteiger partial charge in [-0.05, 0) is 74.2 Å². The van der Waals surface area contributed by atoms with Crippen LogP contribution in [0.4, 0.5) is 0 Å². The molecule has 0 heterocycles. The number of benzene rings is 3. The van der Waals surface area contributed by atoms with Crippen molar-refractivity contribution in [3.05, 3.63) is 77.9 Å². The third-order valence-electron chi connectivity index (χ3n) is 4.39. The Labute approximate surface area is 217 Å². The molecule has 0 aromatic heterocycles. The molecule has 0 aliphatic rings. The van der Waals surface area contributed by atoms with Crippen molar-refractivity contribution in [2.24, 2.45) is 0 Å². The fraction of sp³-hybridized carbons (Fsp3) is 0.308. The second-order valence-electron chi connectivity index (χ2n) is 7.62. The SMILES string of the molecule is Cc1cc(O)cc(OCCCCl)c1.Cc1cc(OCCCCl)cc(OS(=O)(=O)c2ccccc2)c1. The molecule has 0 atom stereocenters. The minimum Gasteiger partial charge on any atom is -0.508 e. The molecule has 0 aliphatic carbocycles. The summed E-state index contributed by atoms with van der Waals surface area (Å²) >= 11 is 11.1. The number of phenols is 1. The summed E-state index contributed by atoms with van der Waals surface area (Å²) in [6.07, 6.45) is 1.53. The number of phenolic OH excluding ortho intramolecular Hbond substituents is 1. The summed E-state index contributed by atoms with van der Waals surface area (Å²) in [6.45, 7) is 4.81. The van der Waals surface area contributed by atoms with Crippen molar-refractivity contribution >= 4 is 33.3 Å². The van der Waals surface area contributed by atoms with E-state index < -0.39 is 10.1 Å². The van der Waals surface area contributed by atoms with Crippen LogP contribution in [0.5, 0.6) is 23.0 Å². The highest BCUT2D eigenvalue weighted by atomic mass is 35.5. The van der Waals surface area contributed by atoms with Crippen LogP contribution in [0.15, 0.2) is 71.6 Å². The van der Waals surface area contributed by atoms with E-state index in [1.54, 1.807) is 42.5 Å². The fourth-order valence-electron chi connectivity index (χ4n) is 2.91. The molecule has 0 saturated heterocycles. The van der Waals surface area contributed by atoms with Crippen LogP contribution >= 0.6 is 23.2 Å². The second kappa shape index (κ2) is 14.7. The van der Waals surface area contributed by atoms with Gasteiger partial charge in [0.05, 0.1) is 13.2 Å². The van der Waals surface area contributed by atoms with Crippen LogP contribution in [0, 0.1) is 13.8 Å². The van der Waals surface area contributed by atoms with Crippen molar-refractivity contribution in [3.8, 4) is 23.0 Å². The molecular formula is C26H30Cl2O6S. The average molecular weight is 541 g/mol. The quantitative estimate of drug-likeness (QED) is 0.170. The zero-order chi connectivity index (χ0) is 25.7. The van der Waals surface area contributed by atoms with E-state index in [1.807, 2.05) is 26.0 Å². The number of rotatable bonds is 11. The first kappa shape index (κ1) is 28.6. The lowest BCUT2D eigenvalue weighted by atomic mass is 10.2. The van der Waals surface area contributed by atoms with Gasteiger partial charge >= 0.3 is 10.1 Å². The fourth-order valence-corrected chi connectivity index (χ4v) is 4.06. The van der Waals surface area contributed by atoms with E-state index in [0.717, 1.165) is 17.5 Å². The molecule has 3 aromatic carbocycles. The Bertz CT molecular complexity index is 1130. The largest absolute Gasteiger partial charge is 0.508 e. The number of alkyl halides is 2. The molecule has 0 unspecified atom stereocenters. The highest BCUT2D eigenvalue weighted by Crippen LogP contribution is 2.26. The van der Waals surface area contributed by atoms with E-state index in [1.165, 1.54) is 12.1 Å². The van der Waals surface area contributed by atoms with Gasteiger partial charge < -0.3 is 18.8 Å². The Morgan fingerprint density at radius 3 is 1.80 bits per heavy atom. The van der Waals surface area contributed by atoms with Gasteiger partial charge in [0.25, 0.3) is 0 Å². The number of hydrogen-bond acceptors (Lipinski definition) is 6. The molecule has 0 spiro atoms. The smallest absolute Gasteiger partial charge is 0.339 e. The van der Waals surface area contributed by atoms with Gasteiger partial charge in [-0.15, -0.1) is 23.2 Å². The number of aromatic hydroxyl groups is 1. The highest BCUT2D eigenvalue weighted by molar-refractivity contribution is 7.87. The van der Waals surface area contributed by atoms with Crippen LogP contribution in [-0.2, 0) is 10.1 Å². The molecule has 0 saturated carbocycles. The van der Waals surface area contributed by atoms with Gasteiger partial charge in [-0.25, -0.2) is 0 Å². The van der Waals surface area contributed by atoms with Crippen LogP contribution in [-0.4, -0.2) is 38.5 Å². The second-order valence-corrected chi connectivity index (χ2v) is 9.92. The molecule has 35 heavy (non-hydrogen) atoms. The van der Waals surface area contributed by atoms with E-state index in [0.29, 0.717) is 42.9 Å². The van der Waals surface area contributed by atoms with Crippen LogP contribution in [0.2, 0.25) is 0 Å². The lowest BCUT2D eigenvalue weighted by Gasteiger charge is -2.11. The molecule has 3 rings (SSSR count). The van der Waals surface area contributed by atoms with Crippen molar-refractivity contribution in [1.82, 2.24) is 0 Å². The van der Waals surface area contributed by atoms with Crippen molar-refractivity contribution in [2.75, 3.05) is 25.0 Å². The highest BCUT2D eigenvalue weighted by Gasteiger charge is 2.16. The number of ether oxygens (including phenoxy) is 2. The standard InChI is InChI=1S/C16H17ClO4S.C10H13ClO2/c1-13-10-14(20-9-5-8-17)12-15(11-13)21-22(18,19)16-6-3-2-4-7-16;1-8-5-9(12)7-10(6-8)13-4-2-3-11/h2-4,6-7,10-12H,5,8-9H2,1H3;5-7,12H,2-4H2,1H3. The van der Waals surface area contributed by atoms with E-state index in [2.05, 4.69) is 0 Å². The van der Waals surface area contributed by atoms with Crippen molar-refractivity contribution in [2.45, 2.75) is 31.6 Å². The minimum atomic E-state index is -3.85. The lowest BCUT2D eigenvalue weighted by molar-refractivity contribution is 0.316. The molecular weight excluding hydrogens is 511 g/mol. The summed E-state index contributed by atoms with van der Waals surface area (Å²) in [6, 6.07) is 18.2. The number of halogens is 2. The van der Waals surface area contributed by atoms with Gasteiger partial charge in [0.2, 0.25) is 0 Å². The van der Waals surface area contributed by atoms with Gasteiger partial charge in [0.1, 0.15) is 27.9 Å². The monoisotopic (exact) mass is 540 g/mol. The number of hydrogen-bond donors (Lipinski definition) is 1. The van der Waals surface area contributed by atoms with Crippen LogP contribution < -0.4 is 13.7 Å². The van der Waals surface area contributed by atoms with Crippen LogP contribution in [0.3, 0.4) is 0 Å². The average Bonchev–Trinajstić information content (AvgIpc) is 2.79. The summed E-state index contributed by atoms with van der Waals surface area (Å²) in [7, 11) is -3.85. The first-order valence-corrected chi connectivity index (χ1v) is 13.5. The van der Waals surface area contributed by atoms with Crippen LogP contribution in [0.1, 0.15) is 24.0 Å². The molecule has 9 heteroatoms. The normalized spacial score (nSPS) is 10.7. The maximum Gasteiger partial charge on any atom is 0.339 e. The third kappa shape index (κ3) is 10.7.